The number of thiophene rings is 1. The highest BCUT2D eigenvalue weighted by molar-refractivity contribution is 7.26. The lowest BCUT2D eigenvalue weighted by Crippen LogP contribution is -2.06. The number of fused-ring (bicyclic) bond motifs is 9. The molecule has 1 unspecified atom stereocenters. The number of allylic oxidation sites excluding steroid dienone is 4. The van der Waals surface area contributed by atoms with Gasteiger partial charge in [-0.25, -0.2) is 0 Å². The number of aromatic nitrogens is 2. The van der Waals surface area contributed by atoms with E-state index in [1.54, 1.807) is 0 Å². The van der Waals surface area contributed by atoms with Gasteiger partial charge in [-0.1, -0.05) is 115 Å². The monoisotopic (exact) mass is 668 g/mol. The van der Waals surface area contributed by atoms with Crippen LogP contribution in [-0.2, 0) is 0 Å². The van der Waals surface area contributed by atoms with Gasteiger partial charge in [0.15, 0.2) is 0 Å². The van der Waals surface area contributed by atoms with Crippen molar-refractivity contribution in [3.8, 4) is 27.9 Å². The van der Waals surface area contributed by atoms with E-state index in [4.69, 9.17) is 0 Å². The topological polar surface area (TPSA) is 9.86 Å². The molecular weight excluding hydrogens is 637 g/mol. The molecule has 3 heteroatoms. The van der Waals surface area contributed by atoms with Crippen molar-refractivity contribution >= 4 is 75.1 Å². The number of rotatable bonds is 4. The van der Waals surface area contributed by atoms with E-state index in [-0.39, 0.29) is 6.04 Å². The van der Waals surface area contributed by atoms with E-state index in [2.05, 4.69) is 185 Å². The number of benzene rings is 7. The Morgan fingerprint density at radius 3 is 1.88 bits per heavy atom. The van der Waals surface area contributed by atoms with Crippen molar-refractivity contribution in [1.82, 2.24) is 9.13 Å². The Kier molecular flexibility index (Phi) is 6.28. The van der Waals surface area contributed by atoms with Crippen molar-refractivity contribution in [2.24, 2.45) is 0 Å². The van der Waals surface area contributed by atoms with Crippen LogP contribution in [0, 0.1) is 0 Å². The van der Waals surface area contributed by atoms with Gasteiger partial charge in [0.25, 0.3) is 0 Å². The van der Waals surface area contributed by atoms with Gasteiger partial charge in [0, 0.05) is 58.4 Å². The fraction of sp³-hybridized carbons (Fsp3) is 0.0417. The third kappa shape index (κ3) is 4.35. The van der Waals surface area contributed by atoms with Crippen molar-refractivity contribution in [2.45, 2.75) is 12.5 Å². The van der Waals surface area contributed by atoms with Gasteiger partial charge >= 0.3 is 0 Å². The second kappa shape index (κ2) is 11.2. The van der Waals surface area contributed by atoms with E-state index in [9.17, 15) is 0 Å². The van der Waals surface area contributed by atoms with Gasteiger partial charge in [-0.2, -0.15) is 0 Å². The third-order valence-electron chi connectivity index (χ3n) is 10.8. The Morgan fingerprint density at radius 1 is 0.471 bits per heavy atom. The fourth-order valence-electron chi connectivity index (χ4n) is 8.50. The van der Waals surface area contributed by atoms with E-state index >= 15 is 0 Å². The Labute approximate surface area is 299 Å². The lowest BCUT2D eigenvalue weighted by Gasteiger charge is -2.18. The van der Waals surface area contributed by atoms with Crippen molar-refractivity contribution in [2.75, 3.05) is 0 Å². The second-order valence-electron chi connectivity index (χ2n) is 13.7. The van der Waals surface area contributed by atoms with Crippen LogP contribution in [0.15, 0.2) is 176 Å². The third-order valence-corrected chi connectivity index (χ3v) is 12.0. The molecule has 1 aliphatic rings. The number of para-hydroxylation sites is 2. The maximum Gasteiger partial charge on any atom is 0.0560 e. The molecule has 2 nitrogen and oxygen atoms in total. The first-order valence-electron chi connectivity index (χ1n) is 17.7. The summed E-state index contributed by atoms with van der Waals surface area (Å²) in [5.41, 5.74) is 11.2. The van der Waals surface area contributed by atoms with E-state index < -0.39 is 0 Å². The minimum Gasteiger partial charge on any atom is -0.333 e. The molecule has 10 aromatic rings. The normalized spacial score (nSPS) is 14.6. The molecule has 1 aliphatic carbocycles. The van der Waals surface area contributed by atoms with E-state index in [0.717, 1.165) is 6.42 Å². The average molecular weight is 669 g/mol. The zero-order chi connectivity index (χ0) is 33.5. The summed E-state index contributed by atoms with van der Waals surface area (Å²) in [6.07, 6.45) is 9.97. The summed E-state index contributed by atoms with van der Waals surface area (Å²) < 4.78 is 7.62. The van der Waals surface area contributed by atoms with Gasteiger partial charge in [0.1, 0.15) is 0 Å². The summed E-state index contributed by atoms with van der Waals surface area (Å²) in [5, 5.41) is 7.80. The Balaban J connectivity index is 1.13. The lowest BCUT2D eigenvalue weighted by molar-refractivity contribution is 0.648. The molecule has 7 aromatic carbocycles. The fourth-order valence-corrected chi connectivity index (χ4v) is 9.74. The molecule has 0 bridgehead atoms. The highest BCUT2D eigenvalue weighted by atomic mass is 32.1. The Morgan fingerprint density at radius 2 is 1.10 bits per heavy atom. The van der Waals surface area contributed by atoms with Crippen LogP contribution in [0.3, 0.4) is 0 Å². The van der Waals surface area contributed by atoms with E-state index in [1.807, 2.05) is 11.3 Å². The molecule has 240 valence electrons. The van der Waals surface area contributed by atoms with Crippen molar-refractivity contribution in [1.29, 1.82) is 0 Å². The molecule has 51 heavy (non-hydrogen) atoms. The van der Waals surface area contributed by atoms with Crippen molar-refractivity contribution in [3.05, 3.63) is 176 Å². The van der Waals surface area contributed by atoms with Crippen LogP contribution in [0.5, 0.6) is 0 Å². The van der Waals surface area contributed by atoms with Crippen LogP contribution in [0.4, 0.5) is 0 Å². The minimum atomic E-state index is 0.276. The summed E-state index contributed by atoms with van der Waals surface area (Å²) in [5.74, 6) is 0. The highest BCUT2D eigenvalue weighted by Crippen LogP contribution is 2.43. The molecule has 0 N–H and O–H groups in total. The predicted octanol–water partition coefficient (Wildman–Crippen LogP) is 13.7. The van der Waals surface area contributed by atoms with Crippen LogP contribution in [0.1, 0.15) is 12.5 Å². The van der Waals surface area contributed by atoms with Crippen molar-refractivity contribution in [3.63, 3.8) is 0 Å². The van der Waals surface area contributed by atoms with Gasteiger partial charge in [0.2, 0.25) is 0 Å². The van der Waals surface area contributed by atoms with Gasteiger partial charge < -0.3 is 9.13 Å². The summed E-state index contributed by atoms with van der Waals surface area (Å²) >= 11 is 1.90. The van der Waals surface area contributed by atoms with Crippen LogP contribution in [0.25, 0.3) is 91.7 Å². The summed E-state index contributed by atoms with van der Waals surface area (Å²) in [4.78, 5) is 0. The number of hydrogen-bond donors (Lipinski definition) is 0. The van der Waals surface area contributed by atoms with Crippen LogP contribution < -0.4 is 0 Å². The zero-order valence-corrected chi connectivity index (χ0v) is 28.6. The van der Waals surface area contributed by atoms with Crippen LogP contribution in [0.2, 0.25) is 0 Å². The quantitative estimate of drug-likeness (QED) is 0.177. The maximum atomic E-state index is 2.55. The smallest absolute Gasteiger partial charge is 0.0560 e. The van der Waals surface area contributed by atoms with E-state index in [0.29, 0.717) is 0 Å². The second-order valence-corrected chi connectivity index (χ2v) is 14.7. The molecule has 0 radical (unpaired) electrons. The SMILES string of the molecule is C1=CCC(n2c3ccc(-c4ccc5c(c4)c4ccccc4n5-c4ccccc4)cc3c3cc(-c4cccc5c4sc4ccccc45)ccc32)C=C1. The molecule has 3 aromatic heterocycles. The Hall–Kier alpha value is -6.16. The molecule has 0 spiro atoms. The first-order chi connectivity index (χ1) is 25.3. The number of hydrogen-bond acceptors (Lipinski definition) is 1. The first kappa shape index (κ1) is 28.7. The zero-order valence-electron chi connectivity index (χ0n) is 27.8. The van der Waals surface area contributed by atoms with Gasteiger partial charge in [-0.05, 0) is 89.3 Å². The molecule has 0 amide bonds. The molecule has 0 aliphatic heterocycles. The molecule has 1 atom stereocenters. The molecule has 11 rings (SSSR count). The average Bonchev–Trinajstić information content (AvgIpc) is 3.85. The minimum absolute atomic E-state index is 0.276. The van der Waals surface area contributed by atoms with Crippen LogP contribution >= 0.6 is 11.3 Å². The summed E-state index contributed by atoms with van der Waals surface area (Å²) in [6, 6.07) is 56.5. The maximum absolute atomic E-state index is 2.55. The van der Waals surface area contributed by atoms with E-state index in [1.165, 1.54) is 91.7 Å². The van der Waals surface area contributed by atoms with Gasteiger partial charge in [-0.15, -0.1) is 11.3 Å². The van der Waals surface area contributed by atoms with Crippen molar-refractivity contribution < 1.29 is 0 Å². The van der Waals surface area contributed by atoms with Gasteiger partial charge in [0.05, 0.1) is 17.1 Å². The lowest BCUT2D eigenvalue weighted by atomic mass is 9.98. The molecule has 0 saturated carbocycles. The van der Waals surface area contributed by atoms with Crippen LogP contribution in [-0.4, -0.2) is 9.13 Å². The standard InChI is InChI=1S/C48H32N2S/c1-3-12-34(13-4-1)49-43-20-9-7-16-37(43)40-28-31(22-25-44(40)49)32-23-26-45-41(29-32)42-30-33(24-27-46(42)50(45)35-14-5-2-6-15-35)36-18-11-19-39-38-17-8-10-21-47(38)51-48(36)39/h1-14,16-30,35H,15H2. The molecule has 0 saturated heterocycles. The summed E-state index contributed by atoms with van der Waals surface area (Å²) in [6.45, 7) is 0. The molecular formula is C48H32N2S. The molecule has 3 heterocycles. The summed E-state index contributed by atoms with van der Waals surface area (Å²) in [7, 11) is 0. The molecule has 0 fully saturated rings. The van der Waals surface area contributed by atoms with Gasteiger partial charge in [-0.3, -0.25) is 0 Å². The largest absolute Gasteiger partial charge is 0.333 e. The highest BCUT2D eigenvalue weighted by Gasteiger charge is 2.20. The predicted molar refractivity (Wildman–Crippen MR) is 219 cm³/mol. The number of nitrogens with zero attached hydrogens (tertiary/aromatic N) is 2. The first-order valence-corrected chi connectivity index (χ1v) is 18.5. The Bertz CT molecular complexity index is 3060.